The average molecular weight is 481 g/mol. The average Bonchev–Trinajstić information content (AvgIpc) is 3.19. The standard InChI is InChI=1S/C27H17ClN4O3/c28-20-9-12-22-19(14-20)8-13-23-27(15-29,16-30)24(17-6-10-21(11-7-17)32(34)35)25(31(22)23)26(33)18-4-2-1-3-5-18/h1-14,23-25H/t23-,24-,25+/m1/s1. The lowest BCUT2D eigenvalue weighted by Crippen LogP contribution is -2.44. The van der Waals surface area contributed by atoms with E-state index in [2.05, 4.69) is 12.1 Å². The summed E-state index contributed by atoms with van der Waals surface area (Å²) in [5.74, 6) is -1.12. The van der Waals surface area contributed by atoms with Crippen LogP contribution >= 0.6 is 11.6 Å². The lowest BCUT2D eigenvalue weighted by atomic mass is 9.69. The van der Waals surface area contributed by atoms with E-state index in [0.717, 1.165) is 5.56 Å². The van der Waals surface area contributed by atoms with E-state index in [9.17, 15) is 25.4 Å². The molecule has 0 aromatic heterocycles. The van der Waals surface area contributed by atoms with Gasteiger partial charge >= 0.3 is 0 Å². The predicted octanol–water partition coefficient (Wildman–Crippen LogP) is 5.53. The van der Waals surface area contributed by atoms with Crippen LogP contribution in [0.3, 0.4) is 0 Å². The van der Waals surface area contributed by atoms with Crippen molar-refractivity contribution >= 4 is 34.8 Å². The number of nitro benzene ring substituents is 1. The van der Waals surface area contributed by atoms with Crippen molar-refractivity contribution in [3.63, 3.8) is 0 Å². The Kier molecular flexibility index (Phi) is 5.36. The second-order valence-electron chi connectivity index (χ2n) is 8.51. The van der Waals surface area contributed by atoms with Crippen LogP contribution in [0, 0.1) is 38.2 Å². The number of ketones is 1. The number of rotatable bonds is 4. The minimum atomic E-state index is -1.63. The van der Waals surface area contributed by atoms with Crippen molar-refractivity contribution in [2.24, 2.45) is 5.41 Å². The van der Waals surface area contributed by atoms with Gasteiger partial charge in [-0.25, -0.2) is 0 Å². The Morgan fingerprint density at radius 2 is 1.71 bits per heavy atom. The first-order valence-electron chi connectivity index (χ1n) is 10.8. The third kappa shape index (κ3) is 3.37. The molecule has 0 radical (unpaired) electrons. The Morgan fingerprint density at radius 3 is 2.34 bits per heavy atom. The zero-order valence-corrected chi connectivity index (χ0v) is 19.0. The van der Waals surface area contributed by atoms with Gasteiger partial charge in [0.25, 0.3) is 5.69 Å². The van der Waals surface area contributed by atoms with Gasteiger partial charge in [-0.05, 0) is 29.3 Å². The number of nitro groups is 1. The molecule has 35 heavy (non-hydrogen) atoms. The summed E-state index contributed by atoms with van der Waals surface area (Å²) in [5, 5.41) is 32.6. The highest BCUT2D eigenvalue weighted by molar-refractivity contribution is 6.30. The van der Waals surface area contributed by atoms with Gasteiger partial charge in [-0.3, -0.25) is 14.9 Å². The van der Waals surface area contributed by atoms with Crippen molar-refractivity contribution in [3.05, 3.63) is 111 Å². The van der Waals surface area contributed by atoms with Gasteiger partial charge in [-0.2, -0.15) is 10.5 Å². The second-order valence-corrected chi connectivity index (χ2v) is 8.94. The zero-order chi connectivity index (χ0) is 24.7. The molecule has 0 saturated carbocycles. The fourth-order valence-corrected chi connectivity index (χ4v) is 5.40. The molecule has 3 aromatic rings. The van der Waals surface area contributed by atoms with E-state index in [0.29, 0.717) is 21.8 Å². The normalized spacial score (nSPS) is 21.3. The summed E-state index contributed by atoms with van der Waals surface area (Å²) in [6.45, 7) is 0. The molecule has 0 N–H and O–H groups in total. The number of anilines is 1. The highest BCUT2D eigenvalue weighted by Gasteiger charge is 2.63. The van der Waals surface area contributed by atoms with Crippen LogP contribution in [-0.2, 0) is 0 Å². The van der Waals surface area contributed by atoms with Crippen molar-refractivity contribution in [1.29, 1.82) is 10.5 Å². The maximum Gasteiger partial charge on any atom is 0.269 e. The highest BCUT2D eigenvalue weighted by atomic mass is 35.5. The van der Waals surface area contributed by atoms with Crippen LogP contribution in [0.15, 0.2) is 78.9 Å². The Labute approximate surface area is 206 Å². The fourth-order valence-electron chi connectivity index (χ4n) is 5.21. The molecule has 1 saturated heterocycles. The Hall–Kier alpha value is -4.46. The molecule has 170 valence electrons. The second kappa shape index (κ2) is 8.39. The molecule has 2 heterocycles. The van der Waals surface area contributed by atoms with E-state index in [1.165, 1.54) is 24.3 Å². The number of nitrogens with zero attached hydrogens (tertiary/aromatic N) is 4. The minimum Gasteiger partial charge on any atom is -0.351 e. The van der Waals surface area contributed by atoms with Gasteiger partial charge in [0, 0.05) is 34.3 Å². The summed E-state index contributed by atoms with van der Waals surface area (Å²) < 4.78 is 0. The van der Waals surface area contributed by atoms with Crippen molar-refractivity contribution in [1.82, 2.24) is 0 Å². The quantitative estimate of drug-likeness (QED) is 0.275. The van der Waals surface area contributed by atoms with E-state index < -0.39 is 28.3 Å². The topological polar surface area (TPSA) is 111 Å². The molecule has 2 aliphatic heterocycles. The van der Waals surface area contributed by atoms with Gasteiger partial charge in [-0.1, -0.05) is 66.2 Å². The maximum atomic E-state index is 14.0. The lowest BCUT2D eigenvalue weighted by molar-refractivity contribution is -0.384. The van der Waals surface area contributed by atoms with Crippen molar-refractivity contribution < 1.29 is 9.72 Å². The summed E-state index contributed by atoms with van der Waals surface area (Å²) >= 11 is 6.21. The smallest absolute Gasteiger partial charge is 0.269 e. The highest BCUT2D eigenvalue weighted by Crippen LogP contribution is 2.55. The first kappa shape index (κ1) is 22.3. The third-order valence-corrected chi connectivity index (χ3v) is 6.99. The van der Waals surface area contributed by atoms with Crippen LogP contribution < -0.4 is 4.90 Å². The van der Waals surface area contributed by atoms with Gasteiger partial charge in [0.1, 0.15) is 6.04 Å². The van der Waals surface area contributed by atoms with Crippen molar-refractivity contribution in [2.45, 2.75) is 18.0 Å². The molecule has 5 rings (SSSR count). The molecule has 0 amide bonds. The number of carbonyl (C=O) groups excluding carboxylic acids is 1. The van der Waals surface area contributed by atoms with Crippen molar-refractivity contribution in [2.75, 3.05) is 4.90 Å². The zero-order valence-electron chi connectivity index (χ0n) is 18.2. The molecule has 3 atom stereocenters. The number of nitriles is 2. The van der Waals surface area contributed by atoms with E-state index in [1.54, 1.807) is 54.6 Å². The lowest BCUT2D eigenvalue weighted by Gasteiger charge is -2.35. The first-order valence-corrected chi connectivity index (χ1v) is 11.2. The number of hydrogen-bond acceptors (Lipinski definition) is 6. The third-order valence-electron chi connectivity index (χ3n) is 6.76. The van der Waals surface area contributed by atoms with Crippen LogP contribution in [-0.4, -0.2) is 22.8 Å². The summed E-state index contributed by atoms with van der Waals surface area (Å²) in [6, 6.07) is 22.5. The van der Waals surface area contributed by atoms with Crippen LogP contribution in [0.5, 0.6) is 0 Å². The molecule has 0 unspecified atom stereocenters. The predicted molar refractivity (Wildman–Crippen MR) is 131 cm³/mol. The number of Topliss-reactive ketones (excluding diaryl/α,β-unsaturated/α-hetero) is 1. The largest absolute Gasteiger partial charge is 0.351 e. The van der Waals surface area contributed by atoms with Gasteiger partial charge in [0.05, 0.1) is 23.1 Å². The van der Waals surface area contributed by atoms with Gasteiger partial charge in [0.2, 0.25) is 0 Å². The molecule has 1 fully saturated rings. The van der Waals surface area contributed by atoms with Gasteiger partial charge < -0.3 is 4.90 Å². The van der Waals surface area contributed by atoms with E-state index >= 15 is 0 Å². The minimum absolute atomic E-state index is 0.116. The maximum absolute atomic E-state index is 14.0. The molecule has 3 aromatic carbocycles. The summed E-state index contributed by atoms with van der Waals surface area (Å²) in [7, 11) is 0. The summed E-state index contributed by atoms with van der Waals surface area (Å²) in [4.78, 5) is 26.6. The number of benzene rings is 3. The molecule has 8 heteroatoms. The molecule has 0 bridgehead atoms. The number of non-ortho nitro benzene ring substituents is 1. The first-order chi connectivity index (χ1) is 16.9. The van der Waals surface area contributed by atoms with Crippen molar-refractivity contribution in [3.8, 4) is 12.1 Å². The van der Waals surface area contributed by atoms with Crippen LogP contribution in [0.1, 0.15) is 27.4 Å². The SMILES string of the molecule is N#CC1(C#N)[C@H](c2ccc([N+](=O)[O-])cc2)[C@@H](C(=O)c2ccccc2)N2c3ccc(Cl)cc3C=C[C@@H]21. The molecule has 7 nitrogen and oxygen atoms in total. The van der Waals surface area contributed by atoms with Crippen LogP contribution in [0.2, 0.25) is 5.02 Å². The molecular weight excluding hydrogens is 464 g/mol. The number of halogens is 1. The van der Waals surface area contributed by atoms with Crippen LogP contribution in [0.25, 0.3) is 6.08 Å². The Balaban J connectivity index is 1.77. The van der Waals surface area contributed by atoms with Gasteiger partial charge in [0.15, 0.2) is 11.2 Å². The van der Waals surface area contributed by atoms with Gasteiger partial charge in [-0.15, -0.1) is 0 Å². The van der Waals surface area contributed by atoms with E-state index in [-0.39, 0.29) is 11.5 Å². The Morgan fingerprint density at radius 1 is 1.03 bits per heavy atom. The fraction of sp³-hybridized carbons (Fsp3) is 0.148. The van der Waals surface area contributed by atoms with Crippen LogP contribution in [0.4, 0.5) is 11.4 Å². The summed E-state index contributed by atoms with van der Waals surface area (Å²) in [5.41, 5.74) is 0.671. The molecule has 0 aliphatic carbocycles. The monoisotopic (exact) mass is 480 g/mol. The van der Waals surface area contributed by atoms with E-state index in [1.807, 2.05) is 11.0 Å². The van der Waals surface area contributed by atoms with E-state index in [4.69, 9.17) is 11.6 Å². The molecule has 0 spiro atoms. The molecular formula is C27H17ClN4O3. The summed E-state index contributed by atoms with van der Waals surface area (Å²) in [6.07, 6.45) is 3.58. The number of carbonyl (C=O) groups is 1. The number of fused-ring (bicyclic) bond motifs is 3. The molecule has 2 aliphatic rings. The number of hydrogen-bond donors (Lipinski definition) is 0. The Bertz CT molecular complexity index is 1440.